The maximum Gasteiger partial charge on any atom is 0.348 e. The highest BCUT2D eigenvalue weighted by Gasteiger charge is 2.30. The molecule has 0 aromatic carbocycles. The van der Waals surface area contributed by atoms with E-state index in [0.717, 1.165) is 39.5 Å². The molecule has 2 aromatic heterocycles. The molecule has 0 spiro atoms. The Bertz CT molecular complexity index is 630. The van der Waals surface area contributed by atoms with E-state index in [9.17, 15) is 4.79 Å². The topological polar surface area (TPSA) is 52.3 Å². The van der Waals surface area contributed by atoms with Gasteiger partial charge in [0.1, 0.15) is 4.88 Å². The summed E-state index contributed by atoms with van der Waals surface area (Å²) in [5.41, 5.74) is 3.22. The van der Waals surface area contributed by atoms with E-state index in [1.54, 1.807) is 18.0 Å². The van der Waals surface area contributed by atoms with Gasteiger partial charge in [0.05, 0.1) is 17.0 Å². The molecule has 100 valence electrons. The SMILES string of the molecule is CCOC(=O)c1sc(SC)c2c1CCc1cnoc1-2. The first-order valence-corrected chi connectivity index (χ1v) is 8.11. The lowest BCUT2D eigenvalue weighted by atomic mass is 9.93. The van der Waals surface area contributed by atoms with Gasteiger partial charge < -0.3 is 9.26 Å². The Labute approximate surface area is 119 Å². The zero-order valence-electron chi connectivity index (χ0n) is 10.7. The van der Waals surface area contributed by atoms with Crippen molar-refractivity contribution in [2.75, 3.05) is 12.9 Å². The molecule has 3 rings (SSSR count). The Morgan fingerprint density at radius 3 is 3.16 bits per heavy atom. The van der Waals surface area contributed by atoms with Crippen LogP contribution in [0.1, 0.15) is 27.7 Å². The standard InChI is InChI=1S/C13H13NO3S2/c1-3-16-12(15)11-8-5-4-7-6-14-17-10(7)9(8)13(18-2)19-11/h6H,3-5H2,1-2H3. The monoisotopic (exact) mass is 295 g/mol. The molecule has 0 aliphatic heterocycles. The number of fused-ring (bicyclic) bond motifs is 3. The van der Waals surface area contributed by atoms with Crippen molar-refractivity contribution in [2.45, 2.75) is 24.0 Å². The highest BCUT2D eigenvalue weighted by atomic mass is 32.2. The van der Waals surface area contributed by atoms with E-state index in [-0.39, 0.29) is 5.97 Å². The largest absolute Gasteiger partial charge is 0.462 e. The summed E-state index contributed by atoms with van der Waals surface area (Å²) in [4.78, 5) is 12.7. The Kier molecular flexibility index (Phi) is 3.36. The zero-order valence-corrected chi connectivity index (χ0v) is 12.3. The van der Waals surface area contributed by atoms with Gasteiger partial charge in [-0.2, -0.15) is 0 Å². The van der Waals surface area contributed by atoms with E-state index in [2.05, 4.69) is 5.16 Å². The summed E-state index contributed by atoms with van der Waals surface area (Å²) in [6, 6.07) is 0. The summed E-state index contributed by atoms with van der Waals surface area (Å²) in [6.07, 6.45) is 5.48. The van der Waals surface area contributed by atoms with Gasteiger partial charge in [-0.1, -0.05) is 5.16 Å². The fourth-order valence-electron chi connectivity index (χ4n) is 2.32. The summed E-state index contributed by atoms with van der Waals surface area (Å²) >= 11 is 3.12. The summed E-state index contributed by atoms with van der Waals surface area (Å²) in [5, 5.41) is 3.87. The van der Waals surface area contributed by atoms with E-state index in [1.807, 2.05) is 13.2 Å². The first-order valence-electron chi connectivity index (χ1n) is 6.07. The molecule has 0 bridgehead atoms. The van der Waals surface area contributed by atoms with Crippen molar-refractivity contribution in [3.8, 4) is 11.3 Å². The van der Waals surface area contributed by atoms with Crippen LogP contribution in [0.2, 0.25) is 0 Å². The average molecular weight is 295 g/mol. The average Bonchev–Trinajstić information content (AvgIpc) is 3.02. The number of ether oxygens (including phenoxy) is 1. The van der Waals surface area contributed by atoms with Crippen LogP contribution in [0.15, 0.2) is 14.9 Å². The molecule has 1 aliphatic rings. The second-order valence-corrected chi connectivity index (χ2v) is 6.27. The summed E-state index contributed by atoms with van der Waals surface area (Å²) in [6.45, 7) is 2.22. The van der Waals surface area contributed by atoms with Crippen LogP contribution in [0.25, 0.3) is 11.3 Å². The Balaban J connectivity index is 2.15. The molecule has 0 atom stereocenters. The van der Waals surface area contributed by atoms with Crippen molar-refractivity contribution in [2.24, 2.45) is 0 Å². The first-order chi connectivity index (χ1) is 9.26. The smallest absolute Gasteiger partial charge is 0.348 e. The number of esters is 1. The third-order valence-corrected chi connectivity index (χ3v) is 5.47. The molecule has 0 amide bonds. The fourth-order valence-corrected chi connectivity index (χ4v) is 4.30. The Hall–Kier alpha value is -1.27. The van der Waals surface area contributed by atoms with Crippen molar-refractivity contribution >= 4 is 29.1 Å². The number of thiophene rings is 1. The fraction of sp³-hybridized carbons (Fsp3) is 0.385. The van der Waals surface area contributed by atoms with Crippen molar-refractivity contribution in [3.63, 3.8) is 0 Å². The molecule has 1 aliphatic carbocycles. The van der Waals surface area contributed by atoms with Crippen molar-refractivity contribution in [3.05, 3.63) is 22.2 Å². The van der Waals surface area contributed by atoms with Gasteiger partial charge in [0.2, 0.25) is 0 Å². The molecule has 2 heterocycles. The van der Waals surface area contributed by atoms with Crippen molar-refractivity contribution < 1.29 is 14.1 Å². The zero-order chi connectivity index (χ0) is 13.4. The van der Waals surface area contributed by atoms with Gasteiger partial charge in [-0.3, -0.25) is 0 Å². The summed E-state index contributed by atoms with van der Waals surface area (Å²) in [5.74, 6) is 0.587. The third-order valence-electron chi connectivity index (χ3n) is 3.14. The molecule has 2 aromatic rings. The van der Waals surface area contributed by atoms with Gasteiger partial charge in [0.15, 0.2) is 5.76 Å². The summed E-state index contributed by atoms with van der Waals surface area (Å²) < 4.78 is 11.6. The van der Waals surface area contributed by atoms with Crippen molar-refractivity contribution in [1.82, 2.24) is 5.16 Å². The molecular formula is C13H13NO3S2. The number of thioether (sulfide) groups is 1. The maximum atomic E-state index is 12.0. The molecule has 19 heavy (non-hydrogen) atoms. The van der Waals surface area contributed by atoms with Gasteiger partial charge in [-0.25, -0.2) is 4.79 Å². The van der Waals surface area contributed by atoms with Gasteiger partial charge in [-0.05, 0) is 31.6 Å². The number of rotatable bonds is 3. The van der Waals surface area contributed by atoms with Crippen LogP contribution in [0, 0.1) is 0 Å². The number of hydrogen-bond donors (Lipinski definition) is 0. The normalized spacial score (nSPS) is 12.9. The van der Waals surface area contributed by atoms with Crippen LogP contribution >= 0.6 is 23.1 Å². The highest BCUT2D eigenvalue weighted by molar-refractivity contribution is 8.00. The lowest BCUT2D eigenvalue weighted by molar-refractivity contribution is 0.0531. The minimum absolute atomic E-state index is 0.230. The van der Waals surface area contributed by atoms with Gasteiger partial charge >= 0.3 is 5.97 Å². The van der Waals surface area contributed by atoms with Crippen molar-refractivity contribution in [1.29, 1.82) is 0 Å². The molecule has 0 unspecified atom stereocenters. The number of carbonyl (C=O) groups excluding carboxylic acids is 1. The first kappa shape index (κ1) is 12.7. The molecule has 0 saturated heterocycles. The minimum Gasteiger partial charge on any atom is -0.462 e. The Morgan fingerprint density at radius 2 is 2.42 bits per heavy atom. The lowest BCUT2D eigenvalue weighted by Crippen LogP contribution is -2.08. The van der Waals surface area contributed by atoms with E-state index < -0.39 is 0 Å². The van der Waals surface area contributed by atoms with E-state index in [0.29, 0.717) is 11.5 Å². The number of hydrogen-bond acceptors (Lipinski definition) is 6. The minimum atomic E-state index is -0.230. The van der Waals surface area contributed by atoms with Crippen LogP contribution < -0.4 is 0 Å². The van der Waals surface area contributed by atoms with Crippen LogP contribution in [0.4, 0.5) is 0 Å². The molecule has 0 saturated carbocycles. The number of carbonyl (C=O) groups is 1. The van der Waals surface area contributed by atoms with Crippen LogP contribution in [-0.2, 0) is 17.6 Å². The lowest BCUT2D eigenvalue weighted by Gasteiger charge is -2.12. The third kappa shape index (κ3) is 1.99. The van der Waals surface area contributed by atoms with Crippen LogP contribution in [-0.4, -0.2) is 24.0 Å². The molecular weight excluding hydrogens is 282 g/mol. The quantitative estimate of drug-likeness (QED) is 0.641. The van der Waals surface area contributed by atoms with E-state index >= 15 is 0 Å². The second kappa shape index (κ2) is 5.02. The van der Waals surface area contributed by atoms with E-state index in [4.69, 9.17) is 9.26 Å². The second-order valence-electron chi connectivity index (χ2n) is 4.18. The Morgan fingerprint density at radius 1 is 1.58 bits per heavy atom. The number of aromatic nitrogens is 1. The van der Waals surface area contributed by atoms with Crippen LogP contribution in [0.5, 0.6) is 0 Å². The molecule has 0 fully saturated rings. The molecule has 6 heteroatoms. The van der Waals surface area contributed by atoms with E-state index in [1.165, 1.54) is 11.3 Å². The van der Waals surface area contributed by atoms with Gasteiger partial charge in [-0.15, -0.1) is 23.1 Å². The molecule has 4 nitrogen and oxygen atoms in total. The van der Waals surface area contributed by atoms with Crippen LogP contribution in [0.3, 0.4) is 0 Å². The molecule has 0 radical (unpaired) electrons. The van der Waals surface area contributed by atoms with Gasteiger partial charge in [0, 0.05) is 11.1 Å². The maximum absolute atomic E-state index is 12.0. The summed E-state index contributed by atoms with van der Waals surface area (Å²) in [7, 11) is 0. The highest BCUT2D eigenvalue weighted by Crippen LogP contribution is 2.46. The predicted molar refractivity (Wildman–Crippen MR) is 75.0 cm³/mol. The number of nitrogens with zero attached hydrogens (tertiary/aromatic N) is 1. The molecule has 0 N–H and O–H groups in total. The van der Waals surface area contributed by atoms with Gasteiger partial charge in [0.25, 0.3) is 0 Å². The number of aryl methyl sites for hydroxylation is 1. The predicted octanol–water partition coefficient (Wildman–Crippen LogP) is 3.40.